The molecule has 2 N–H and O–H groups in total. The lowest BCUT2D eigenvalue weighted by Gasteiger charge is -1.93. The first-order valence-electron chi connectivity index (χ1n) is 3.78. The number of rotatable bonds is 0. The predicted octanol–water partition coefficient (Wildman–Crippen LogP) is 0.753. The fourth-order valence-corrected chi connectivity index (χ4v) is 0.765. The van der Waals surface area contributed by atoms with Crippen LogP contribution in [-0.4, -0.2) is 30.3 Å². The zero-order valence-electron chi connectivity index (χ0n) is 7.14. The van der Waals surface area contributed by atoms with Crippen LogP contribution < -0.4 is 5.32 Å². The van der Waals surface area contributed by atoms with Gasteiger partial charge >= 0.3 is 12.1 Å². The molecule has 0 amide bonds. The molecule has 0 saturated carbocycles. The maximum absolute atomic E-state index is 10.6. The Morgan fingerprint density at radius 1 is 1.57 bits per heavy atom. The molecule has 1 saturated heterocycles. The number of nitrogens with one attached hydrogen (secondary N) is 1. The third-order valence-electron chi connectivity index (χ3n) is 1.49. The van der Waals surface area contributed by atoms with Crippen LogP contribution in [0.4, 0.5) is 13.2 Å². The monoisotopic (exact) mass is 210 g/mol. The fraction of sp³-hybridized carbons (Fsp3) is 0.714. The molecule has 14 heavy (non-hydrogen) atoms. The van der Waals surface area contributed by atoms with Gasteiger partial charge in [-0.1, -0.05) is 0 Å². The van der Waals surface area contributed by atoms with Gasteiger partial charge in [0.2, 0.25) is 0 Å². The highest BCUT2D eigenvalue weighted by Crippen LogP contribution is 2.13. The van der Waals surface area contributed by atoms with E-state index < -0.39 is 12.1 Å². The first-order chi connectivity index (χ1) is 6.38. The quantitative estimate of drug-likeness (QED) is 0.618. The summed E-state index contributed by atoms with van der Waals surface area (Å²) >= 11 is 0. The van der Waals surface area contributed by atoms with Crippen LogP contribution in [0.15, 0.2) is 0 Å². The lowest BCUT2D eigenvalue weighted by molar-refractivity contribution is -0.192. The summed E-state index contributed by atoms with van der Waals surface area (Å²) in [4.78, 5) is 8.90. The Morgan fingerprint density at radius 3 is 2.21 bits per heavy atom. The summed E-state index contributed by atoms with van der Waals surface area (Å²) in [7, 11) is 0. The predicted molar refractivity (Wildman–Crippen MR) is 40.3 cm³/mol. The average Bonchev–Trinajstić information content (AvgIpc) is 2.54. The molecule has 0 aliphatic carbocycles. The molecular weight excluding hydrogens is 201 g/mol. The largest absolute Gasteiger partial charge is 0.490 e. The molecule has 80 valence electrons. The Morgan fingerprint density at radius 2 is 2.07 bits per heavy atom. The summed E-state index contributed by atoms with van der Waals surface area (Å²) in [6, 6.07) is 2.20. The van der Waals surface area contributed by atoms with Crippen molar-refractivity contribution < 1.29 is 23.1 Å². The molecule has 1 aliphatic rings. The van der Waals surface area contributed by atoms with Crippen LogP contribution in [0.2, 0.25) is 0 Å². The fourth-order valence-electron chi connectivity index (χ4n) is 0.765. The number of aliphatic carboxylic acids is 1. The number of nitriles is 1. The number of hydrogen-bond acceptors (Lipinski definition) is 3. The molecule has 1 atom stereocenters. The van der Waals surface area contributed by atoms with Crippen LogP contribution in [0.1, 0.15) is 6.42 Å². The van der Waals surface area contributed by atoms with Crippen molar-refractivity contribution in [2.45, 2.75) is 12.6 Å². The Labute approximate surface area is 78.3 Å². The molecule has 0 unspecified atom stereocenters. The Kier molecular flexibility index (Phi) is 4.94. The van der Waals surface area contributed by atoms with Crippen LogP contribution in [0.5, 0.6) is 0 Å². The number of carboxylic acid groups (broad SMARTS) is 1. The van der Waals surface area contributed by atoms with Crippen molar-refractivity contribution in [3.8, 4) is 6.07 Å². The van der Waals surface area contributed by atoms with Crippen LogP contribution in [0, 0.1) is 17.2 Å². The van der Waals surface area contributed by atoms with E-state index >= 15 is 0 Å². The van der Waals surface area contributed by atoms with E-state index in [1.807, 2.05) is 0 Å². The van der Waals surface area contributed by atoms with E-state index in [2.05, 4.69) is 11.4 Å². The number of halogens is 3. The molecule has 0 aromatic rings. The third kappa shape index (κ3) is 5.37. The average molecular weight is 210 g/mol. The molecule has 1 fully saturated rings. The van der Waals surface area contributed by atoms with Crippen molar-refractivity contribution in [2.75, 3.05) is 13.1 Å². The second-order valence-electron chi connectivity index (χ2n) is 2.62. The maximum Gasteiger partial charge on any atom is 0.490 e. The summed E-state index contributed by atoms with van der Waals surface area (Å²) in [5.74, 6) is -2.47. The molecule has 7 heteroatoms. The maximum atomic E-state index is 10.6. The van der Waals surface area contributed by atoms with Crippen LogP contribution >= 0.6 is 0 Å². The van der Waals surface area contributed by atoms with E-state index in [9.17, 15) is 13.2 Å². The van der Waals surface area contributed by atoms with Crippen molar-refractivity contribution in [1.82, 2.24) is 5.32 Å². The van der Waals surface area contributed by atoms with Gasteiger partial charge in [-0.25, -0.2) is 4.79 Å². The second-order valence-corrected chi connectivity index (χ2v) is 2.62. The second kappa shape index (κ2) is 5.44. The minimum Gasteiger partial charge on any atom is -0.475 e. The van der Waals surface area contributed by atoms with Crippen molar-refractivity contribution in [2.24, 2.45) is 5.92 Å². The van der Waals surface area contributed by atoms with Gasteiger partial charge in [0.25, 0.3) is 0 Å². The van der Waals surface area contributed by atoms with Crippen molar-refractivity contribution in [3.05, 3.63) is 0 Å². The van der Waals surface area contributed by atoms with Crippen molar-refractivity contribution >= 4 is 5.97 Å². The van der Waals surface area contributed by atoms with E-state index in [1.54, 1.807) is 0 Å². The Balaban J connectivity index is 0.000000241. The van der Waals surface area contributed by atoms with Crippen molar-refractivity contribution in [1.29, 1.82) is 5.26 Å². The molecule has 1 heterocycles. The minimum atomic E-state index is -5.08. The molecule has 0 aromatic heterocycles. The Hall–Kier alpha value is -1.29. The van der Waals surface area contributed by atoms with Gasteiger partial charge in [0.15, 0.2) is 0 Å². The topological polar surface area (TPSA) is 73.1 Å². The molecule has 1 rings (SSSR count). The van der Waals surface area contributed by atoms with E-state index in [0.29, 0.717) is 5.92 Å². The number of alkyl halides is 3. The molecule has 1 aliphatic heterocycles. The standard InChI is InChI=1S/C5H8N2.C2HF3O2/c6-3-5-1-2-7-4-5;3-2(4,5)1(6)7/h5,7H,1-2,4H2;(H,6,7)/t5-;/m1./s1. The lowest BCUT2D eigenvalue weighted by Crippen LogP contribution is -2.21. The summed E-state index contributed by atoms with van der Waals surface area (Å²) in [6.07, 6.45) is -4.05. The molecule has 0 aromatic carbocycles. The number of nitrogens with zero attached hydrogens (tertiary/aromatic N) is 1. The summed E-state index contributed by atoms with van der Waals surface area (Å²) in [5, 5.41) is 18.5. The third-order valence-corrected chi connectivity index (χ3v) is 1.49. The van der Waals surface area contributed by atoms with Gasteiger partial charge in [0, 0.05) is 6.54 Å². The van der Waals surface area contributed by atoms with E-state index in [4.69, 9.17) is 15.2 Å². The number of carboxylic acids is 1. The molecule has 0 spiro atoms. The first kappa shape index (κ1) is 12.7. The zero-order chi connectivity index (χ0) is 11.2. The van der Waals surface area contributed by atoms with Gasteiger partial charge in [0.05, 0.1) is 12.0 Å². The molecular formula is C7H9F3N2O2. The highest BCUT2D eigenvalue weighted by Gasteiger charge is 2.38. The number of carbonyl (C=O) groups is 1. The summed E-state index contributed by atoms with van der Waals surface area (Å²) in [6.45, 7) is 1.93. The summed E-state index contributed by atoms with van der Waals surface area (Å²) < 4.78 is 31.7. The minimum absolute atomic E-state index is 0.292. The Bertz CT molecular complexity index is 228. The first-order valence-corrected chi connectivity index (χ1v) is 3.78. The van der Waals surface area contributed by atoms with Gasteiger partial charge in [-0.15, -0.1) is 0 Å². The smallest absolute Gasteiger partial charge is 0.475 e. The SMILES string of the molecule is N#C[C@H]1CCNC1.O=C(O)C(F)(F)F. The zero-order valence-corrected chi connectivity index (χ0v) is 7.14. The normalized spacial score (nSPS) is 20.6. The van der Waals surface area contributed by atoms with E-state index in [0.717, 1.165) is 19.5 Å². The van der Waals surface area contributed by atoms with Crippen LogP contribution in [0.25, 0.3) is 0 Å². The van der Waals surface area contributed by atoms with Gasteiger partial charge in [-0.05, 0) is 13.0 Å². The van der Waals surface area contributed by atoms with Gasteiger partial charge < -0.3 is 10.4 Å². The van der Waals surface area contributed by atoms with E-state index in [1.165, 1.54) is 0 Å². The van der Waals surface area contributed by atoms with Crippen molar-refractivity contribution in [3.63, 3.8) is 0 Å². The highest BCUT2D eigenvalue weighted by molar-refractivity contribution is 5.73. The lowest BCUT2D eigenvalue weighted by atomic mass is 10.2. The number of hydrogen-bond donors (Lipinski definition) is 2. The van der Waals surface area contributed by atoms with Gasteiger partial charge in [-0.3, -0.25) is 0 Å². The van der Waals surface area contributed by atoms with Crippen LogP contribution in [0.3, 0.4) is 0 Å². The molecule has 0 bridgehead atoms. The van der Waals surface area contributed by atoms with Crippen LogP contribution in [-0.2, 0) is 4.79 Å². The van der Waals surface area contributed by atoms with Gasteiger partial charge in [-0.2, -0.15) is 18.4 Å². The molecule has 4 nitrogen and oxygen atoms in total. The molecule has 0 radical (unpaired) electrons. The highest BCUT2D eigenvalue weighted by atomic mass is 19.4. The summed E-state index contributed by atoms with van der Waals surface area (Å²) in [5.41, 5.74) is 0. The van der Waals surface area contributed by atoms with E-state index in [-0.39, 0.29) is 0 Å². The van der Waals surface area contributed by atoms with Gasteiger partial charge in [0.1, 0.15) is 0 Å².